The van der Waals surface area contributed by atoms with Crippen molar-refractivity contribution in [2.45, 2.75) is 19.8 Å². The Morgan fingerprint density at radius 1 is 1.55 bits per heavy atom. The first kappa shape index (κ1) is 14.3. The topological polar surface area (TPSA) is 75.4 Å². The van der Waals surface area contributed by atoms with Crippen LogP contribution < -0.4 is 11.1 Å². The lowest BCUT2D eigenvalue weighted by Crippen LogP contribution is -2.44. The summed E-state index contributed by atoms with van der Waals surface area (Å²) in [5, 5.41) is 2.54. The molecular formula is C14H18FN3O2. The molecule has 0 spiro atoms. The van der Waals surface area contributed by atoms with Crippen molar-refractivity contribution in [3.8, 4) is 0 Å². The van der Waals surface area contributed by atoms with E-state index in [4.69, 9.17) is 5.73 Å². The van der Waals surface area contributed by atoms with Gasteiger partial charge in [-0.25, -0.2) is 4.39 Å². The molecule has 1 fully saturated rings. The number of nitrogen functional groups attached to an aromatic ring is 1. The largest absolute Gasteiger partial charge is 0.397 e. The molecule has 1 aliphatic heterocycles. The van der Waals surface area contributed by atoms with Crippen LogP contribution in [0, 0.1) is 11.7 Å². The van der Waals surface area contributed by atoms with Crippen molar-refractivity contribution in [1.29, 1.82) is 0 Å². The van der Waals surface area contributed by atoms with E-state index in [9.17, 15) is 14.0 Å². The zero-order valence-electron chi connectivity index (χ0n) is 11.4. The zero-order valence-corrected chi connectivity index (χ0v) is 11.4. The Balaban J connectivity index is 1.98. The molecule has 20 heavy (non-hydrogen) atoms. The Hall–Kier alpha value is -2.11. The number of nitrogens with zero attached hydrogens (tertiary/aromatic N) is 1. The summed E-state index contributed by atoms with van der Waals surface area (Å²) in [5.74, 6) is -0.906. The van der Waals surface area contributed by atoms with E-state index in [0.29, 0.717) is 6.54 Å². The van der Waals surface area contributed by atoms with Gasteiger partial charge in [-0.1, -0.05) is 6.92 Å². The van der Waals surface area contributed by atoms with Crippen LogP contribution in [0.25, 0.3) is 0 Å². The Morgan fingerprint density at radius 2 is 2.30 bits per heavy atom. The van der Waals surface area contributed by atoms with Crippen LogP contribution in [0.2, 0.25) is 0 Å². The first-order valence-electron chi connectivity index (χ1n) is 6.61. The number of nitrogens with two attached hydrogens (primary N) is 1. The number of carbonyl (C=O) groups excluding carboxylic acids is 2. The summed E-state index contributed by atoms with van der Waals surface area (Å²) >= 11 is 0. The summed E-state index contributed by atoms with van der Waals surface area (Å²) in [6.07, 6.45) is 1.75. The third-order valence-electron chi connectivity index (χ3n) is 3.42. The monoisotopic (exact) mass is 279 g/mol. The normalized spacial score (nSPS) is 19.0. The molecule has 0 radical (unpaired) electrons. The molecule has 1 aromatic carbocycles. The third kappa shape index (κ3) is 3.26. The first-order chi connectivity index (χ1) is 9.47. The molecule has 1 saturated heterocycles. The fraction of sp³-hybridized carbons (Fsp3) is 0.429. The third-order valence-corrected chi connectivity index (χ3v) is 3.42. The zero-order chi connectivity index (χ0) is 14.7. The van der Waals surface area contributed by atoms with Gasteiger partial charge in [0.2, 0.25) is 11.8 Å². The number of likely N-dealkylation sites (tertiary alicyclic amines) is 1. The molecule has 0 bridgehead atoms. The summed E-state index contributed by atoms with van der Waals surface area (Å²) in [6, 6.07) is 3.77. The van der Waals surface area contributed by atoms with Crippen molar-refractivity contribution in [2.75, 3.05) is 24.1 Å². The second-order valence-electron chi connectivity index (χ2n) is 5.08. The lowest BCUT2D eigenvalue weighted by Gasteiger charge is -2.30. The molecule has 0 aromatic heterocycles. The molecule has 3 N–H and O–H groups in total. The first-order valence-corrected chi connectivity index (χ1v) is 6.61. The molecule has 0 saturated carbocycles. The predicted octanol–water partition coefficient (Wildman–Crippen LogP) is 1.60. The number of halogens is 1. The van der Waals surface area contributed by atoms with Gasteiger partial charge in [0.15, 0.2) is 0 Å². The Morgan fingerprint density at radius 3 is 3.05 bits per heavy atom. The molecule has 5 nitrogen and oxygen atoms in total. The highest BCUT2D eigenvalue weighted by Crippen LogP contribution is 2.20. The van der Waals surface area contributed by atoms with Crippen LogP contribution in [0.5, 0.6) is 0 Å². The molecule has 1 heterocycles. The van der Waals surface area contributed by atoms with Crippen molar-refractivity contribution < 1.29 is 14.0 Å². The van der Waals surface area contributed by atoms with E-state index in [1.165, 1.54) is 17.0 Å². The second kappa shape index (κ2) is 5.90. The number of piperidine rings is 1. The Kier molecular flexibility index (Phi) is 4.22. The SMILES string of the molecule is CC1CCCN(CC(=O)Nc2cc(F)ccc2N)C1=O. The molecule has 2 amide bonds. The minimum atomic E-state index is -0.475. The van der Waals surface area contributed by atoms with Crippen molar-refractivity contribution in [1.82, 2.24) is 4.90 Å². The van der Waals surface area contributed by atoms with Crippen molar-refractivity contribution in [3.63, 3.8) is 0 Å². The summed E-state index contributed by atoms with van der Waals surface area (Å²) in [6.45, 7) is 2.41. The van der Waals surface area contributed by atoms with Crippen LogP contribution in [-0.2, 0) is 9.59 Å². The Labute approximate surface area is 116 Å². The van der Waals surface area contributed by atoms with E-state index in [1.54, 1.807) is 0 Å². The summed E-state index contributed by atoms with van der Waals surface area (Å²) in [7, 11) is 0. The highest BCUT2D eigenvalue weighted by molar-refractivity contribution is 5.97. The van der Waals surface area contributed by atoms with E-state index in [2.05, 4.69) is 5.32 Å². The summed E-state index contributed by atoms with van der Waals surface area (Å²) in [5.41, 5.74) is 6.18. The van der Waals surface area contributed by atoms with Gasteiger partial charge in [0.1, 0.15) is 5.82 Å². The van der Waals surface area contributed by atoms with Gasteiger partial charge in [-0.2, -0.15) is 0 Å². The summed E-state index contributed by atoms with van der Waals surface area (Å²) in [4.78, 5) is 25.3. The average molecular weight is 279 g/mol. The van der Waals surface area contributed by atoms with Crippen molar-refractivity contribution >= 4 is 23.2 Å². The van der Waals surface area contributed by atoms with Crippen LogP contribution in [0.15, 0.2) is 18.2 Å². The maximum atomic E-state index is 13.1. The van der Waals surface area contributed by atoms with Gasteiger partial charge in [0.05, 0.1) is 17.9 Å². The van der Waals surface area contributed by atoms with Crippen LogP contribution >= 0.6 is 0 Å². The highest BCUT2D eigenvalue weighted by atomic mass is 19.1. The number of hydrogen-bond acceptors (Lipinski definition) is 3. The van der Waals surface area contributed by atoms with Gasteiger partial charge in [-0.3, -0.25) is 9.59 Å². The second-order valence-corrected chi connectivity index (χ2v) is 5.08. The standard InChI is InChI=1S/C14H18FN3O2/c1-9-3-2-6-18(14(9)20)8-13(19)17-12-7-10(15)4-5-11(12)16/h4-5,7,9H,2-3,6,8,16H2,1H3,(H,17,19). The van der Waals surface area contributed by atoms with Crippen LogP contribution in [0.4, 0.5) is 15.8 Å². The van der Waals surface area contributed by atoms with Crippen LogP contribution in [-0.4, -0.2) is 29.8 Å². The molecular weight excluding hydrogens is 261 g/mol. The maximum absolute atomic E-state index is 13.1. The number of rotatable bonds is 3. The molecule has 1 unspecified atom stereocenters. The quantitative estimate of drug-likeness (QED) is 0.825. The van der Waals surface area contributed by atoms with Gasteiger partial charge in [0, 0.05) is 12.5 Å². The average Bonchev–Trinajstić information content (AvgIpc) is 2.39. The summed E-state index contributed by atoms with van der Waals surface area (Å²) < 4.78 is 13.1. The number of amides is 2. The van der Waals surface area contributed by atoms with E-state index in [-0.39, 0.29) is 35.7 Å². The minimum Gasteiger partial charge on any atom is -0.397 e. The van der Waals surface area contributed by atoms with Gasteiger partial charge < -0.3 is 16.0 Å². The number of hydrogen-bond donors (Lipinski definition) is 2. The molecule has 0 aliphatic carbocycles. The van der Waals surface area contributed by atoms with Gasteiger partial charge >= 0.3 is 0 Å². The number of carbonyl (C=O) groups is 2. The molecule has 108 valence electrons. The Bertz CT molecular complexity index is 533. The maximum Gasteiger partial charge on any atom is 0.244 e. The van der Waals surface area contributed by atoms with Crippen molar-refractivity contribution in [2.24, 2.45) is 5.92 Å². The fourth-order valence-corrected chi connectivity index (χ4v) is 2.29. The molecule has 2 rings (SSSR count). The van der Waals surface area contributed by atoms with Crippen LogP contribution in [0.3, 0.4) is 0 Å². The van der Waals surface area contributed by atoms with Gasteiger partial charge in [-0.05, 0) is 31.0 Å². The van der Waals surface area contributed by atoms with E-state index < -0.39 is 5.82 Å². The van der Waals surface area contributed by atoms with Crippen LogP contribution in [0.1, 0.15) is 19.8 Å². The molecule has 1 aliphatic rings. The molecule has 6 heteroatoms. The minimum absolute atomic E-state index is 0.0152. The lowest BCUT2D eigenvalue weighted by atomic mass is 9.99. The van der Waals surface area contributed by atoms with E-state index >= 15 is 0 Å². The van der Waals surface area contributed by atoms with Gasteiger partial charge in [0.25, 0.3) is 0 Å². The molecule has 1 aromatic rings. The fourth-order valence-electron chi connectivity index (χ4n) is 2.29. The number of nitrogens with one attached hydrogen (secondary N) is 1. The lowest BCUT2D eigenvalue weighted by molar-refractivity contribution is -0.140. The number of anilines is 2. The van der Waals surface area contributed by atoms with E-state index in [0.717, 1.165) is 18.9 Å². The van der Waals surface area contributed by atoms with Crippen molar-refractivity contribution in [3.05, 3.63) is 24.0 Å². The highest BCUT2D eigenvalue weighted by Gasteiger charge is 2.26. The predicted molar refractivity (Wildman–Crippen MR) is 74.4 cm³/mol. The van der Waals surface area contributed by atoms with Gasteiger partial charge in [-0.15, -0.1) is 0 Å². The molecule has 1 atom stereocenters. The smallest absolute Gasteiger partial charge is 0.244 e. The number of benzene rings is 1. The van der Waals surface area contributed by atoms with E-state index in [1.807, 2.05) is 6.92 Å².